The van der Waals surface area contributed by atoms with Gasteiger partial charge in [-0.3, -0.25) is 9.48 Å². The van der Waals surface area contributed by atoms with Crippen LogP contribution in [0.1, 0.15) is 18.9 Å². The molecule has 0 saturated carbocycles. The number of nitrogens with zero attached hydrogens (tertiary/aromatic N) is 2. The Morgan fingerprint density at radius 2 is 2.24 bits per heavy atom. The van der Waals surface area contributed by atoms with Crippen LogP contribution in [0, 0.1) is 0 Å². The zero-order valence-electron chi connectivity index (χ0n) is 9.15. The number of nitrogens with one attached hydrogen (secondary N) is 1. The molecular weight excluding hydrogens is 242 g/mol. The Morgan fingerprint density at radius 1 is 1.47 bits per heavy atom. The Kier molecular flexibility index (Phi) is 2.64. The van der Waals surface area contributed by atoms with Crippen LogP contribution in [0.15, 0.2) is 17.1 Å². The Bertz CT molecular complexity index is 598. The summed E-state index contributed by atoms with van der Waals surface area (Å²) in [7, 11) is 0. The molecule has 3 rings (SSSR count). The number of aromatic nitrogens is 3. The normalized spacial score (nSPS) is 17.7. The average Bonchev–Trinajstić information content (AvgIpc) is 2.74. The average molecular weight is 254 g/mol. The van der Waals surface area contributed by atoms with Crippen molar-refractivity contribution in [1.29, 1.82) is 0 Å². The molecule has 0 radical (unpaired) electrons. The topological polar surface area (TPSA) is 59.9 Å². The molecule has 0 unspecified atom stereocenters. The first kappa shape index (κ1) is 10.8. The molecule has 0 atom stereocenters. The summed E-state index contributed by atoms with van der Waals surface area (Å²) in [5, 5.41) is 5.23. The smallest absolute Gasteiger partial charge is 0.260 e. The van der Waals surface area contributed by atoms with Crippen molar-refractivity contribution in [3.8, 4) is 0 Å². The van der Waals surface area contributed by atoms with Crippen molar-refractivity contribution in [2.45, 2.75) is 18.9 Å². The minimum absolute atomic E-state index is 0.189. The highest BCUT2D eigenvalue weighted by Crippen LogP contribution is 2.24. The second-order valence-corrected chi connectivity index (χ2v) is 4.59. The number of rotatable bonds is 1. The molecule has 17 heavy (non-hydrogen) atoms. The molecule has 3 heterocycles. The molecule has 0 amide bonds. The number of aromatic amines is 1. The summed E-state index contributed by atoms with van der Waals surface area (Å²) < 4.78 is 7.21. The van der Waals surface area contributed by atoms with Gasteiger partial charge in [0.05, 0.1) is 23.1 Å². The van der Waals surface area contributed by atoms with Crippen LogP contribution in [0.3, 0.4) is 0 Å². The van der Waals surface area contributed by atoms with Crippen molar-refractivity contribution in [3.05, 3.63) is 27.8 Å². The molecule has 90 valence electrons. The van der Waals surface area contributed by atoms with Crippen LogP contribution in [-0.2, 0) is 4.74 Å². The van der Waals surface area contributed by atoms with Gasteiger partial charge in [0.15, 0.2) is 0 Å². The van der Waals surface area contributed by atoms with E-state index in [1.54, 1.807) is 12.3 Å². The molecule has 2 aromatic rings. The van der Waals surface area contributed by atoms with Crippen LogP contribution in [-0.4, -0.2) is 28.0 Å². The lowest BCUT2D eigenvalue weighted by atomic mass is 10.1. The zero-order chi connectivity index (χ0) is 11.8. The largest absolute Gasteiger partial charge is 0.381 e. The molecule has 5 nitrogen and oxygen atoms in total. The van der Waals surface area contributed by atoms with Gasteiger partial charge in [-0.1, -0.05) is 11.6 Å². The molecule has 1 fully saturated rings. The summed E-state index contributed by atoms with van der Waals surface area (Å²) in [6, 6.07) is 2.04. The summed E-state index contributed by atoms with van der Waals surface area (Å²) in [5.74, 6) is 0. The van der Waals surface area contributed by atoms with E-state index in [9.17, 15) is 4.79 Å². The highest BCUT2D eigenvalue weighted by Gasteiger charge is 2.19. The maximum Gasteiger partial charge on any atom is 0.260 e. The van der Waals surface area contributed by atoms with E-state index in [1.165, 1.54) is 0 Å². The predicted octanol–water partition coefficient (Wildman–Crippen LogP) is 1.73. The van der Waals surface area contributed by atoms with E-state index in [1.807, 2.05) is 4.68 Å². The number of ether oxygens (including phenoxy) is 1. The molecule has 1 N–H and O–H groups in total. The SMILES string of the molecule is O=c1[nH]c(Cl)cc2c1cnn2C1CCOCC1. The highest BCUT2D eigenvalue weighted by molar-refractivity contribution is 6.29. The van der Waals surface area contributed by atoms with Gasteiger partial charge in [-0.15, -0.1) is 0 Å². The van der Waals surface area contributed by atoms with E-state index >= 15 is 0 Å². The Hall–Kier alpha value is -1.33. The van der Waals surface area contributed by atoms with Gasteiger partial charge in [-0.2, -0.15) is 5.10 Å². The maximum atomic E-state index is 11.7. The summed E-state index contributed by atoms with van der Waals surface area (Å²) in [5.41, 5.74) is 0.608. The van der Waals surface area contributed by atoms with E-state index in [-0.39, 0.29) is 5.56 Å². The molecule has 0 aromatic carbocycles. The van der Waals surface area contributed by atoms with E-state index in [0.29, 0.717) is 16.6 Å². The molecule has 1 aliphatic rings. The number of hydrogen-bond donors (Lipinski definition) is 1. The van der Waals surface area contributed by atoms with E-state index in [2.05, 4.69) is 10.1 Å². The van der Waals surface area contributed by atoms with Gasteiger partial charge in [0.2, 0.25) is 0 Å². The van der Waals surface area contributed by atoms with Gasteiger partial charge >= 0.3 is 0 Å². The molecule has 2 aromatic heterocycles. The first-order chi connectivity index (χ1) is 8.25. The van der Waals surface area contributed by atoms with Crippen LogP contribution in [0.4, 0.5) is 0 Å². The first-order valence-electron chi connectivity index (χ1n) is 5.59. The van der Waals surface area contributed by atoms with Crippen LogP contribution >= 0.6 is 11.6 Å². The fourth-order valence-corrected chi connectivity index (χ4v) is 2.43. The van der Waals surface area contributed by atoms with Gasteiger partial charge in [0.1, 0.15) is 5.15 Å². The van der Waals surface area contributed by atoms with Crippen LogP contribution in [0.5, 0.6) is 0 Å². The van der Waals surface area contributed by atoms with Crippen molar-refractivity contribution < 1.29 is 4.74 Å². The Morgan fingerprint density at radius 3 is 3.00 bits per heavy atom. The molecular formula is C11H12ClN3O2. The molecule has 1 aliphatic heterocycles. The lowest BCUT2D eigenvalue weighted by Crippen LogP contribution is -2.20. The lowest BCUT2D eigenvalue weighted by Gasteiger charge is -2.23. The summed E-state index contributed by atoms with van der Waals surface area (Å²) in [4.78, 5) is 14.2. The minimum Gasteiger partial charge on any atom is -0.381 e. The molecule has 0 aliphatic carbocycles. The number of pyridine rings is 1. The van der Waals surface area contributed by atoms with E-state index in [0.717, 1.165) is 31.6 Å². The van der Waals surface area contributed by atoms with Gasteiger partial charge in [0.25, 0.3) is 5.56 Å². The second kappa shape index (κ2) is 4.16. The number of halogens is 1. The van der Waals surface area contributed by atoms with Crippen LogP contribution in [0.2, 0.25) is 5.15 Å². The van der Waals surface area contributed by atoms with Gasteiger partial charge in [-0.05, 0) is 18.9 Å². The summed E-state index contributed by atoms with van der Waals surface area (Å²) in [6.45, 7) is 1.48. The molecule has 0 spiro atoms. The quantitative estimate of drug-likeness (QED) is 0.788. The van der Waals surface area contributed by atoms with Crippen molar-refractivity contribution in [2.75, 3.05) is 13.2 Å². The van der Waals surface area contributed by atoms with Crippen molar-refractivity contribution in [3.63, 3.8) is 0 Å². The fourth-order valence-electron chi connectivity index (χ4n) is 2.24. The third-order valence-corrected chi connectivity index (χ3v) is 3.32. The standard InChI is InChI=1S/C11H12ClN3O2/c12-10-5-9-8(11(16)14-10)6-13-15(9)7-1-3-17-4-2-7/h5-7H,1-4H2,(H,14,16). The number of fused-ring (bicyclic) bond motifs is 1. The van der Waals surface area contributed by atoms with Crippen LogP contribution in [0.25, 0.3) is 10.9 Å². The Balaban J connectivity index is 2.13. The van der Waals surface area contributed by atoms with Crippen molar-refractivity contribution in [2.24, 2.45) is 0 Å². The summed E-state index contributed by atoms with van der Waals surface area (Å²) >= 11 is 5.87. The molecule has 1 saturated heterocycles. The van der Waals surface area contributed by atoms with Gasteiger partial charge in [-0.25, -0.2) is 0 Å². The third-order valence-electron chi connectivity index (χ3n) is 3.11. The zero-order valence-corrected chi connectivity index (χ0v) is 9.91. The summed E-state index contributed by atoms with van der Waals surface area (Å²) in [6.07, 6.45) is 3.43. The first-order valence-corrected chi connectivity index (χ1v) is 5.97. The molecule has 0 bridgehead atoms. The predicted molar refractivity (Wildman–Crippen MR) is 64.5 cm³/mol. The van der Waals surface area contributed by atoms with E-state index in [4.69, 9.17) is 16.3 Å². The third kappa shape index (κ3) is 1.85. The Labute approximate surface area is 102 Å². The minimum atomic E-state index is -0.189. The maximum absolute atomic E-state index is 11.7. The van der Waals surface area contributed by atoms with Crippen molar-refractivity contribution in [1.82, 2.24) is 14.8 Å². The highest BCUT2D eigenvalue weighted by atomic mass is 35.5. The second-order valence-electron chi connectivity index (χ2n) is 4.18. The van der Waals surface area contributed by atoms with Crippen molar-refractivity contribution >= 4 is 22.5 Å². The molecule has 6 heteroatoms. The fraction of sp³-hybridized carbons (Fsp3) is 0.455. The lowest BCUT2D eigenvalue weighted by molar-refractivity contribution is 0.0675. The van der Waals surface area contributed by atoms with E-state index < -0.39 is 0 Å². The number of hydrogen-bond acceptors (Lipinski definition) is 3. The van der Waals surface area contributed by atoms with Gasteiger partial charge in [0, 0.05) is 13.2 Å². The van der Waals surface area contributed by atoms with Gasteiger partial charge < -0.3 is 9.72 Å². The number of H-pyrrole nitrogens is 1. The monoisotopic (exact) mass is 253 g/mol. The van der Waals surface area contributed by atoms with Crippen LogP contribution < -0.4 is 5.56 Å².